The summed E-state index contributed by atoms with van der Waals surface area (Å²) in [5, 5.41) is 8.71. The quantitative estimate of drug-likeness (QED) is 0.791. The normalized spacial score (nSPS) is 18.2. The van der Waals surface area contributed by atoms with Crippen LogP contribution in [0.25, 0.3) is 0 Å². The van der Waals surface area contributed by atoms with Crippen molar-refractivity contribution in [2.45, 2.75) is 31.3 Å². The molecule has 0 radical (unpaired) electrons. The molecule has 2 aromatic rings. The van der Waals surface area contributed by atoms with Gasteiger partial charge in [0.05, 0.1) is 12.6 Å². The molecule has 6 heteroatoms. The summed E-state index contributed by atoms with van der Waals surface area (Å²) in [4.78, 5) is 24.5. The molecule has 1 aliphatic heterocycles. The Bertz CT molecular complexity index is 833. The van der Waals surface area contributed by atoms with Gasteiger partial charge in [0.15, 0.2) is 0 Å². The minimum atomic E-state index is -0.233. The van der Waals surface area contributed by atoms with Crippen LogP contribution in [0.2, 0.25) is 0 Å². The topological polar surface area (TPSA) is 79.5 Å². The van der Waals surface area contributed by atoms with Crippen LogP contribution in [0.5, 0.6) is 5.75 Å². The van der Waals surface area contributed by atoms with E-state index in [2.05, 4.69) is 16.0 Å². The minimum absolute atomic E-state index is 0.0813. The van der Waals surface area contributed by atoms with E-state index in [0.29, 0.717) is 17.9 Å². The van der Waals surface area contributed by atoms with E-state index in [9.17, 15) is 9.59 Å². The molecule has 0 unspecified atom stereocenters. The number of nitrogens with one attached hydrogen (secondary N) is 3. The van der Waals surface area contributed by atoms with Gasteiger partial charge < -0.3 is 20.7 Å². The Hall–Kier alpha value is -3.02. The lowest BCUT2D eigenvalue weighted by Crippen LogP contribution is -2.32. The molecule has 0 bridgehead atoms. The molecule has 1 saturated carbocycles. The SMILES string of the molecule is O=C(Nc1cccc(C(=O)N[C@H]2CCOc3ccccc32)c1)NC1CC1. The molecule has 0 spiro atoms. The molecule has 0 saturated heterocycles. The molecular formula is C20H21N3O3. The predicted molar refractivity (Wildman–Crippen MR) is 98.4 cm³/mol. The van der Waals surface area contributed by atoms with Gasteiger partial charge in [-0.1, -0.05) is 24.3 Å². The van der Waals surface area contributed by atoms with Crippen LogP contribution in [0, 0.1) is 0 Å². The van der Waals surface area contributed by atoms with E-state index in [4.69, 9.17) is 4.74 Å². The fourth-order valence-electron chi connectivity index (χ4n) is 3.05. The number of carbonyl (C=O) groups is 2. The summed E-state index contributed by atoms with van der Waals surface area (Å²) in [6.45, 7) is 0.574. The third-order valence-electron chi connectivity index (χ3n) is 4.56. The number of amides is 3. The first-order valence-corrected chi connectivity index (χ1v) is 8.89. The average Bonchev–Trinajstić information content (AvgIpc) is 3.46. The van der Waals surface area contributed by atoms with Crippen molar-refractivity contribution in [2.24, 2.45) is 0 Å². The maximum Gasteiger partial charge on any atom is 0.319 e. The standard InChI is InChI=1S/C20H21N3O3/c24-19(23-17-10-11-26-18-7-2-1-6-16(17)18)13-4-3-5-15(12-13)22-20(25)21-14-8-9-14/h1-7,12,14,17H,8-11H2,(H,23,24)(H2,21,22,25)/t17-/m0/s1. The molecule has 0 aromatic heterocycles. The number of hydrogen-bond donors (Lipinski definition) is 3. The van der Waals surface area contributed by atoms with E-state index < -0.39 is 0 Å². The van der Waals surface area contributed by atoms with E-state index in [1.807, 2.05) is 24.3 Å². The number of para-hydroxylation sites is 1. The first-order chi connectivity index (χ1) is 12.7. The van der Waals surface area contributed by atoms with Crippen LogP contribution in [0.3, 0.4) is 0 Å². The van der Waals surface area contributed by atoms with Gasteiger partial charge in [-0.15, -0.1) is 0 Å². The van der Waals surface area contributed by atoms with Gasteiger partial charge in [0.25, 0.3) is 5.91 Å². The highest BCUT2D eigenvalue weighted by atomic mass is 16.5. The van der Waals surface area contributed by atoms with Crippen LogP contribution >= 0.6 is 0 Å². The lowest BCUT2D eigenvalue weighted by molar-refractivity contribution is 0.0925. The van der Waals surface area contributed by atoms with Crippen molar-refractivity contribution in [1.29, 1.82) is 0 Å². The highest BCUT2D eigenvalue weighted by Crippen LogP contribution is 2.31. The summed E-state index contributed by atoms with van der Waals surface area (Å²) < 4.78 is 5.63. The second kappa shape index (κ2) is 7.07. The number of anilines is 1. The monoisotopic (exact) mass is 351 g/mol. The first-order valence-electron chi connectivity index (χ1n) is 8.89. The molecule has 134 valence electrons. The molecule has 1 atom stereocenters. The molecule has 2 aromatic carbocycles. The van der Waals surface area contributed by atoms with Gasteiger partial charge in [0, 0.05) is 29.3 Å². The molecule has 2 aliphatic rings. The highest BCUT2D eigenvalue weighted by Gasteiger charge is 2.24. The highest BCUT2D eigenvalue weighted by molar-refractivity contribution is 5.97. The Morgan fingerprint density at radius 3 is 2.65 bits per heavy atom. The molecule has 1 fully saturated rings. The zero-order valence-corrected chi connectivity index (χ0v) is 14.3. The molecule has 4 rings (SSSR count). The second-order valence-electron chi connectivity index (χ2n) is 6.65. The van der Waals surface area contributed by atoms with Crippen molar-refractivity contribution < 1.29 is 14.3 Å². The summed E-state index contributed by atoms with van der Waals surface area (Å²) in [6, 6.07) is 14.7. The van der Waals surface area contributed by atoms with E-state index in [0.717, 1.165) is 30.6 Å². The summed E-state index contributed by atoms with van der Waals surface area (Å²) in [5.41, 5.74) is 2.10. The van der Waals surface area contributed by atoms with Gasteiger partial charge >= 0.3 is 6.03 Å². The number of hydrogen-bond acceptors (Lipinski definition) is 3. The predicted octanol–water partition coefficient (Wildman–Crippen LogP) is 3.22. The van der Waals surface area contributed by atoms with Crippen LogP contribution < -0.4 is 20.7 Å². The molecule has 1 aliphatic carbocycles. The summed E-state index contributed by atoms with van der Waals surface area (Å²) >= 11 is 0. The molecule has 6 nitrogen and oxygen atoms in total. The smallest absolute Gasteiger partial charge is 0.319 e. The Balaban J connectivity index is 1.43. The number of rotatable bonds is 4. The number of urea groups is 1. The summed E-state index contributed by atoms with van der Waals surface area (Å²) in [6.07, 6.45) is 2.79. The van der Waals surface area contributed by atoms with Gasteiger partial charge in [-0.2, -0.15) is 0 Å². The lowest BCUT2D eigenvalue weighted by atomic mass is 10.00. The van der Waals surface area contributed by atoms with Crippen molar-refractivity contribution in [3.63, 3.8) is 0 Å². The second-order valence-corrected chi connectivity index (χ2v) is 6.65. The van der Waals surface area contributed by atoms with E-state index in [-0.39, 0.29) is 24.0 Å². The summed E-state index contributed by atoms with van der Waals surface area (Å²) in [5.74, 6) is 0.647. The van der Waals surface area contributed by atoms with E-state index in [1.165, 1.54) is 0 Å². The number of fused-ring (bicyclic) bond motifs is 1. The van der Waals surface area contributed by atoms with Crippen LogP contribution in [0.4, 0.5) is 10.5 Å². The largest absolute Gasteiger partial charge is 0.493 e. The van der Waals surface area contributed by atoms with Crippen molar-refractivity contribution in [1.82, 2.24) is 10.6 Å². The van der Waals surface area contributed by atoms with Crippen LogP contribution in [-0.4, -0.2) is 24.6 Å². The minimum Gasteiger partial charge on any atom is -0.493 e. The molecule has 3 N–H and O–H groups in total. The number of benzene rings is 2. The molecular weight excluding hydrogens is 330 g/mol. The van der Waals surface area contributed by atoms with Gasteiger partial charge in [-0.3, -0.25) is 4.79 Å². The van der Waals surface area contributed by atoms with Crippen LogP contribution in [-0.2, 0) is 0 Å². The van der Waals surface area contributed by atoms with Gasteiger partial charge in [0.2, 0.25) is 0 Å². The van der Waals surface area contributed by atoms with Crippen molar-refractivity contribution in [2.75, 3.05) is 11.9 Å². The van der Waals surface area contributed by atoms with Crippen LogP contribution in [0.15, 0.2) is 48.5 Å². The van der Waals surface area contributed by atoms with E-state index >= 15 is 0 Å². The molecule has 3 amide bonds. The molecule has 26 heavy (non-hydrogen) atoms. The Morgan fingerprint density at radius 1 is 0.962 bits per heavy atom. The maximum absolute atomic E-state index is 12.7. The molecule has 1 heterocycles. The third-order valence-corrected chi connectivity index (χ3v) is 4.56. The first kappa shape index (κ1) is 16.4. The zero-order valence-electron chi connectivity index (χ0n) is 14.3. The van der Waals surface area contributed by atoms with Crippen molar-refractivity contribution in [3.8, 4) is 5.75 Å². The number of ether oxygens (including phenoxy) is 1. The third kappa shape index (κ3) is 3.79. The van der Waals surface area contributed by atoms with Gasteiger partial charge in [-0.25, -0.2) is 4.79 Å². The Labute approximate surface area is 151 Å². The van der Waals surface area contributed by atoms with Gasteiger partial charge in [0.1, 0.15) is 5.75 Å². The zero-order chi connectivity index (χ0) is 17.9. The fraction of sp³-hybridized carbons (Fsp3) is 0.300. The number of carbonyl (C=O) groups excluding carboxylic acids is 2. The summed E-state index contributed by atoms with van der Waals surface area (Å²) in [7, 11) is 0. The van der Waals surface area contributed by atoms with Crippen LogP contribution in [0.1, 0.15) is 41.2 Å². The average molecular weight is 351 g/mol. The fourth-order valence-corrected chi connectivity index (χ4v) is 3.05. The Morgan fingerprint density at radius 2 is 1.81 bits per heavy atom. The lowest BCUT2D eigenvalue weighted by Gasteiger charge is -2.26. The maximum atomic E-state index is 12.7. The van der Waals surface area contributed by atoms with Crippen molar-refractivity contribution >= 4 is 17.6 Å². The van der Waals surface area contributed by atoms with E-state index in [1.54, 1.807) is 24.3 Å². The van der Waals surface area contributed by atoms with Crippen molar-refractivity contribution in [3.05, 3.63) is 59.7 Å². The van der Waals surface area contributed by atoms with Gasteiger partial charge in [-0.05, 0) is 37.1 Å². The Kier molecular flexibility index (Phi) is 4.48.